The molecule has 0 radical (unpaired) electrons. The van der Waals surface area contributed by atoms with Crippen molar-refractivity contribution in [1.82, 2.24) is 5.32 Å². The highest BCUT2D eigenvalue weighted by Crippen LogP contribution is 2.17. The summed E-state index contributed by atoms with van der Waals surface area (Å²) in [4.78, 5) is 22.8. The summed E-state index contributed by atoms with van der Waals surface area (Å²) in [6.07, 6.45) is 2.07. The molecular weight excluding hydrogens is 298 g/mol. The Morgan fingerprint density at radius 2 is 2.09 bits per heavy atom. The summed E-state index contributed by atoms with van der Waals surface area (Å²) in [5.74, 6) is -1.35. The Labute approximate surface area is 135 Å². The van der Waals surface area contributed by atoms with Crippen molar-refractivity contribution < 1.29 is 24.2 Å². The van der Waals surface area contributed by atoms with Gasteiger partial charge in [0.05, 0.1) is 6.10 Å². The third-order valence-corrected chi connectivity index (χ3v) is 3.66. The zero-order valence-corrected chi connectivity index (χ0v) is 13.0. The van der Waals surface area contributed by atoms with Crippen molar-refractivity contribution in [1.29, 1.82) is 0 Å². The van der Waals surface area contributed by atoms with Crippen molar-refractivity contribution in [3.8, 4) is 0 Å². The largest absolute Gasteiger partial charge is 0.550 e. The number of carbonyl (C=O) groups excluding carboxylic acids is 2. The SMILES string of the molecule is O=C([O-])CC(CCNC(=O)c1ccccc1)OC1CCCCO1. The van der Waals surface area contributed by atoms with Gasteiger partial charge in [0.2, 0.25) is 0 Å². The first-order valence-corrected chi connectivity index (χ1v) is 7.95. The number of benzene rings is 1. The Morgan fingerprint density at radius 1 is 1.30 bits per heavy atom. The van der Waals surface area contributed by atoms with Crippen LogP contribution in [0, 0.1) is 0 Å². The van der Waals surface area contributed by atoms with Crippen LogP contribution in [0.3, 0.4) is 0 Å². The molecule has 2 unspecified atom stereocenters. The molecule has 0 spiro atoms. The molecule has 23 heavy (non-hydrogen) atoms. The lowest BCUT2D eigenvalue weighted by molar-refractivity contribution is -0.309. The van der Waals surface area contributed by atoms with Gasteiger partial charge in [0.1, 0.15) is 0 Å². The van der Waals surface area contributed by atoms with E-state index in [1.165, 1.54) is 0 Å². The molecule has 1 heterocycles. The number of rotatable bonds is 8. The zero-order valence-electron chi connectivity index (χ0n) is 13.0. The average molecular weight is 320 g/mol. The minimum absolute atomic E-state index is 0.188. The summed E-state index contributed by atoms with van der Waals surface area (Å²) < 4.78 is 11.2. The molecule has 126 valence electrons. The first-order valence-electron chi connectivity index (χ1n) is 7.95. The van der Waals surface area contributed by atoms with Crippen molar-refractivity contribution >= 4 is 11.9 Å². The molecule has 1 amide bonds. The maximum Gasteiger partial charge on any atom is 0.251 e. The minimum Gasteiger partial charge on any atom is -0.550 e. The molecule has 0 aliphatic carbocycles. The summed E-state index contributed by atoms with van der Waals surface area (Å²) in [5, 5.41) is 13.6. The fraction of sp³-hybridized carbons (Fsp3) is 0.529. The zero-order chi connectivity index (χ0) is 16.5. The first-order chi connectivity index (χ1) is 11.1. The molecule has 1 aliphatic rings. The Kier molecular flexibility index (Phi) is 7.03. The molecule has 1 aliphatic heterocycles. The van der Waals surface area contributed by atoms with Crippen LogP contribution in [-0.4, -0.2) is 37.4 Å². The number of carboxylic acid groups (broad SMARTS) is 1. The van der Waals surface area contributed by atoms with Gasteiger partial charge in [-0.2, -0.15) is 0 Å². The normalized spacial score (nSPS) is 19.0. The molecule has 6 nitrogen and oxygen atoms in total. The van der Waals surface area contributed by atoms with Crippen LogP contribution in [0.15, 0.2) is 30.3 Å². The number of hydrogen-bond donors (Lipinski definition) is 1. The van der Waals surface area contributed by atoms with Crippen molar-refractivity contribution in [2.45, 2.75) is 44.5 Å². The quantitative estimate of drug-likeness (QED) is 0.767. The fourth-order valence-corrected chi connectivity index (χ4v) is 2.48. The van der Waals surface area contributed by atoms with E-state index in [0.29, 0.717) is 25.1 Å². The number of aliphatic carboxylic acids is 1. The van der Waals surface area contributed by atoms with Gasteiger partial charge >= 0.3 is 0 Å². The van der Waals surface area contributed by atoms with Gasteiger partial charge in [0.15, 0.2) is 6.29 Å². The van der Waals surface area contributed by atoms with Gasteiger partial charge in [-0.3, -0.25) is 4.79 Å². The predicted molar refractivity (Wildman–Crippen MR) is 81.5 cm³/mol. The number of ether oxygens (including phenoxy) is 2. The second kappa shape index (κ2) is 9.27. The Hall–Kier alpha value is -1.92. The second-order valence-corrected chi connectivity index (χ2v) is 5.54. The van der Waals surface area contributed by atoms with E-state index in [9.17, 15) is 14.7 Å². The number of nitrogens with one attached hydrogen (secondary N) is 1. The van der Waals surface area contributed by atoms with Gasteiger partial charge in [-0.15, -0.1) is 0 Å². The topological polar surface area (TPSA) is 87.7 Å². The maximum absolute atomic E-state index is 11.9. The number of hydrogen-bond acceptors (Lipinski definition) is 5. The van der Waals surface area contributed by atoms with Gasteiger partial charge < -0.3 is 24.7 Å². The molecule has 1 saturated heterocycles. The van der Waals surface area contributed by atoms with Crippen LogP contribution in [0.1, 0.15) is 42.5 Å². The summed E-state index contributed by atoms with van der Waals surface area (Å²) in [7, 11) is 0. The van der Waals surface area contributed by atoms with E-state index < -0.39 is 12.1 Å². The van der Waals surface area contributed by atoms with Crippen LogP contribution < -0.4 is 10.4 Å². The van der Waals surface area contributed by atoms with Crippen LogP contribution in [0.4, 0.5) is 0 Å². The van der Waals surface area contributed by atoms with Crippen LogP contribution in [0.5, 0.6) is 0 Å². The molecular formula is C17H22NO5-. The van der Waals surface area contributed by atoms with E-state index >= 15 is 0 Å². The van der Waals surface area contributed by atoms with Crippen molar-refractivity contribution in [3.63, 3.8) is 0 Å². The van der Waals surface area contributed by atoms with Crippen molar-refractivity contribution in [2.75, 3.05) is 13.2 Å². The molecule has 1 aromatic carbocycles. The van der Waals surface area contributed by atoms with Gasteiger partial charge in [-0.1, -0.05) is 18.2 Å². The number of carboxylic acids is 1. The lowest BCUT2D eigenvalue weighted by Crippen LogP contribution is -2.36. The van der Waals surface area contributed by atoms with E-state index in [1.807, 2.05) is 6.07 Å². The Bertz CT molecular complexity index is 499. The third-order valence-electron chi connectivity index (χ3n) is 3.66. The second-order valence-electron chi connectivity index (χ2n) is 5.54. The molecule has 2 atom stereocenters. The molecule has 2 rings (SSSR count). The Balaban J connectivity index is 1.78. The highest BCUT2D eigenvalue weighted by Gasteiger charge is 2.20. The van der Waals surface area contributed by atoms with Gasteiger partial charge in [-0.05, 0) is 37.8 Å². The summed E-state index contributed by atoms with van der Waals surface area (Å²) in [6, 6.07) is 8.86. The average Bonchev–Trinajstić information content (AvgIpc) is 2.56. The standard InChI is InChI=1S/C17H23NO5/c19-15(20)12-14(23-16-8-4-5-11-22-16)9-10-18-17(21)13-6-2-1-3-7-13/h1-3,6-7,14,16H,4-5,8-12H2,(H,18,21)(H,19,20)/p-1. The molecule has 1 N–H and O–H groups in total. The lowest BCUT2D eigenvalue weighted by atomic mass is 10.1. The van der Waals surface area contributed by atoms with E-state index in [2.05, 4.69) is 5.32 Å². The fourth-order valence-electron chi connectivity index (χ4n) is 2.48. The van der Waals surface area contributed by atoms with Gasteiger partial charge in [0, 0.05) is 31.1 Å². The maximum atomic E-state index is 11.9. The van der Waals surface area contributed by atoms with Gasteiger partial charge in [-0.25, -0.2) is 0 Å². The lowest BCUT2D eigenvalue weighted by Gasteiger charge is -2.28. The molecule has 0 aromatic heterocycles. The third kappa shape index (κ3) is 6.38. The summed E-state index contributed by atoms with van der Waals surface area (Å²) in [5.41, 5.74) is 0.570. The van der Waals surface area contributed by atoms with E-state index in [4.69, 9.17) is 9.47 Å². The molecule has 1 aromatic rings. The van der Waals surface area contributed by atoms with Crippen molar-refractivity contribution in [2.24, 2.45) is 0 Å². The van der Waals surface area contributed by atoms with E-state index in [0.717, 1.165) is 19.3 Å². The summed E-state index contributed by atoms with van der Waals surface area (Å²) >= 11 is 0. The van der Waals surface area contributed by atoms with Gasteiger partial charge in [0.25, 0.3) is 5.91 Å². The van der Waals surface area contributed by atoms with E-state index in [-0.39, 0.29) is 18.6 Å². The smallest absolute Gasteiger partial charge is 0.251 e. The number of carbonyl (C=O) groups is 2. The molecule has 6 heteroatoms. The first kappa shape index (κ1) is 17.4. The van der Waals surface area contributed by atoms with E-state index in [1.54, 1.807) is 24.3 Å². The van der Waals surface area contributed by atoms with Crippen LogP contribution in [0.25, 0.3) is 0 Å². The molecule has 0 saturated carbocycles. The minimum atomic E-state index is -1.17. The van der Waals surface area contributed by atoms with Crippen molar-refractivity contribution in [3.05, 3.63) is 35.9 Å². The van der Waals surface area contributed by atoms with Crippen LogP contribution in [-0.2, 0) is 14.3 Å². The molecule has 0 bridgehead atoms. The monoisotopic (exact) mass is 320 g/mol. The predicted octanol–water partition coefficient (Wildman–Crippen LogP) is 0.858. The van der Waals surface area contributed by atoms with Crippen LogP contribution >= 0.6 is 0 Å². The Morgan fingerprint density at radius 3 is 2.74 bits per heavy atom. The summed E-state index contributed by atoms with van der Waals surface area (Å²) in [6.45, 7) is 0.964. The van der Waals surface area contributed by atoms with Crippen LogP contribution in [0.2, 0.25) is 0 Å². The molecule has 1 fully saturated rings. The highest BCUT2D eigenvalue weighted by atomic mass is 16.7. The highest BCUT2D eigenvalue weighted by molar-refractivity contribution is 5.94. The number of amides is 1.